The zero-order valence-electron chi connectivity index (χ0n) is 28.5. The Hall–Kier alpha value is -6.84. The van der Waals surface area contributed by atoms with Crippen LogP contribution in [0.15, 0.2) is 200 Å². The van der Waals surface area contributed by atoms with Gasteiger partial charge in [0.2, 0.25) is 0 Å². The molecule has 0 saturated carbocycles. The van der Waals surface area contributed by atoms with E-state index in [1.54, 1.807) is 0 Å². The molecule has 0 amide bonds. The van der Waals surface area contributed by atoms with E-state index in [1.165, 1.54) is 77.8 Å². The zero-order chi connectivity index (χ0) is 34.4. The van der Waals surface area contributed by atoms with Gasteiger partial charge in [0.15, 0.2) is 0 Å². The van der Waals surface area contributed by atoms with Crippen LogP contribution in [0.25, 0.3) is 60.9 Å². The highest BCUT2D eigenvalue weighted by atomic mass is 15.3. The molecule has 2 heterocycles. The fourth-order valence-electron chi connectivity index (χ4n) is 8.05. The average molecular weight is 666 g/mol. The molecule has 0 spiro atoms. The second kappa shape index (κ2) is 12.5. The summed E-state index contributed by atoms with van der Waals surface area (Å²) in [5.74, 6) is 0. The summed E-state index contributed by atoms with van der Waals surface area (Å²) >= 11 is 0. The quantitative estimate of drug-likeness (QED) is 0.191. The van der Waals surface area contributed by atoms with Crippen LogP contribution >= 0.6 is 0 Å². The summed E-state index contributed by atoms with van der Waals surface area (Å²) in [5.41, 5.74) is 15.6. The molecule has 1 aliphatic heterocycles. The Morgan fingerprint density at radius 1 is 0.385 bits per heavy atom. The summed E-state index contributed by atoms with van der Waals surface area (Å²) < 4.78 is 2.37. The topological polar surface area (TPSA) is 20.2 Å². The fourth-order valence-corrected chi connectivity index (χ4v) is 8.05. The Kier molecular flexibility index (Phi) is 7.21. The van der Waals surface area contributed by atoms with Crippen molar-refractivity contribution in [3.05, 3.63) is 206 Å². The lowest BCUT2D eigenvalue weighted by Crippen LogP contribution is -2.23. The zero-order valence-corrected chi connectivity index (χ0v) is 28.5. The van der Waals surface area contributed by atoms with Crippen LogP contribution in [0.4, 0.5) is 17.1 Å². The Balaban J connectivity index is 1.04. The van der Waals surface area contributed by atoms with E-state index in [4.69, 9.17) is 0 Å². The first-order valence-corrected chi connectivity index (χ1v) is 17.9. The van der Waals surface area contributed by atoms with Gasteiger partial charge in [0.25, 0.3) is 0 Å². The van der Waals surface area contributed by atoms with Gasteiger partial charge in [0.1, 0.15) is 6.17 Å². The lowest BCUT2D eigenvalue weighted by Gasteiger charge is -2.27. The fraction of sp³-hybridized carbons (Fsp3) is 0.0204. The summed E-state index contributed by atoms with van der Waals surface area (Å²) in [6, 6.07) is 72.2. The molecule has 0 aliphatic carbocycles. The van der Waals surface area contributed by atoms with Crippen LogP contribution in [0, 0.1) is 0 Å². The van der Waals surface area contributed by atoms with E-state index in [1.807, 2.05) is 0 Å². The van der Waals surface area contributed by atoms with Crippen LogP contribution < -0.4 is 10.2 Å². The van der Waals surface area contributed by atoms with Crippen LogP contribution in [0.2, 0.25) is 0 Å². The highest BCUT2D eigenvalue weighted by Gasteiger charge is 2.31. The molecule has 246 valence electrons. The minimum Gasteiger partial charge on any atom is -0.359 e. The Morgan fingerprint density at radius 3 is 1.65 bits per heavy atom. The third-order valence-electron chi connectivity index (χ3n) is 10.4. The molecule has 1 N–H and O–H groups in total. The van der Waals surface area contributed by atoms with Crippen LogP contribution in [-0.4, -0.2) is 4.57 Å². The standard InChI is InChI=1S/C49H35N3/c1-3-15-37(16-4-1)51-46-25-13-11-23-43(46)44-33-36(31-32-47(44)51)40-20-8-10-22-42(40)41-21-9-7-19-39(41)34-27-29-35(30-28-34)49-50-45-24-12-14-26-48(45)52(49)38-17-5-2-6-18-38/h1-33,49-50H. The summed E-state index contributed by atoms with van der Waals surface area (Å²) in [6.07, 6.45) is -0.00688. The second-order valence-corrected chi connectivity index (χ2v) is 13.4. The molecule has 0 radical (unpaired) electrons. The monoisotopic (exact) mass is 665 g/mol. The molecule has 1 atom stereocenters. The third-order valence-corrected chi connectivity index (χ3v) is 10.4. The number of benzene rings is 8. The highest BCUT2D eigenvalue weighted by Crippen LogP contribution is 2.46. The van der Waals surface area contributed by atoms with Crippen molar-refractivity contribution in [1.82, 2.24) is 4.57 Å². The molecule has 3 heteroatoms. The van der Waals surface area contributed by atoms with Gasteiger partial charge in [0.05, 0.1) is 22.4 Å². The van der Waals surface area contributed by atoms with Gasteiger partial charge in [-0.3, -0.25) is 0 Å². The summed E-state index contributed by atoms with van der Waals surface area (Å²) in [4.78, 5) is 2.39. The second-order valence-electron chi connectivity index (χ2n) is 13.4. The van der Waals surface area contributed by atoms with Gasteiger partial charge in [-0.05, 0) is 93.5 Å². The molecular formula is C49H35N3. The predicted octanol–water partition coefficient (Wildman–Crippen LogP) is 13.0. The molecule has 8 aromatic carbocycles. The average Bonchev–Trinajstić information content (AvgIpc) is 3.78. The molecule has 3 nitrogen and oxygen atoms in total. The number of anilines is 3. The van der Waals surface area contributed by atoms with Crippen LogP contribution in [0.5, 0.6) is 0 Å². The molecule has 0 bridgehead atoms. The molecule has 10 rings (SSSR count). The predicted molar refractivity (Wildman–Crippen MR) is 218 cm³/mol. The van der Waals surface area contributed by atoms with Gasteiger partial charge >= 0.3 is 0 Å². The van der Waals surface area contributed by atoms with E-state index in [0.29, 0.717) is 0 Å². The summed E-state index contributed by atoms with van der Waals surface area (Å²) in [6.45, 7) is 0. The summed E-state index contributed by atoms with van der Waals surface area (Å²) in [7, 11) is 0. The number of hydrogen-bond donors (Lipinski definition) is 1. The maximum atomic E-state index is 3.78. The van der Waals surface area contributed by atoms with E-state index < -0.39 is 0 Å². The number of nitrogens with zero attached hydrogens (tertiary/aromatic N) is 2. The minimum absolute atomic E-state index is 0.00688. The van der Waals surface area contributed by atoms with E-state index >= 15 is 0 Å². The van der Waals surface area contributed by atoms with Crippen LogP contribution in [-0.2, 0) is 0 Å². The van der Waals surface area contributed by atoms with E-state index in [0.717, 1.165) is 5.69 Å². The molecule has 52 heavy (non-hydrogen) atoms. The molecular weight excluding hydrogens is 631 g/mol. The maximum Gasteiger partial charge on any atom is 0.130 e. The lowest BCUT2D eigenvalue weighted by atomic mass is 9.89. The largest absolute Gasteiger partial charge is 0.359 e. The molecule has 1 aliphatic rings. The lowest BCUT2D eigenvalue weighted by molar-refractivity contribution is 0.828. The Morgan fingerprint density at radius 2 is 0.923 bits per heavy atom. The van der Waals surface area contributed by atoms with Gasteiger partial charge < -0.3 is 14.8 Å². The van der Waals surface area contributed by atoms with Crippen molar-refractivity contribution in [1.29, 1.82) is 0 Å². The van der Waals surface area contributed by atoms with Crippen LogP contribution in [0.3, 0.4) is 0 Å². The van der Waals surface area contributed by atoms with Gasteiger partial charge in [-0.1, -0.05) is 146 Å². The maximum absolute atomic E-state index is 3.78. The van der Waals surface area contributed by atoms with E-state index in [-0.39, 0.29) is 6.17 Å². The highest BCUT2D eigenvalue weighted by molar-refractivity contribution is 6.11. The van der Waals surface area contributed by atoms with Gasteiger partial charge in [-0.15, -0.1) is 0 Å². The number of aromatic nitrogens is 1. The molecule has 0 saturated heterocycles. The number of hydrogen-bond acceptors (Lipinski definition) is 2. The third kappa shape index (κ3) is 4.98. The van der Waals surface area contributed by atoms with Gasteiger partial charge in [-0.2, -0.15) is 0 Å². The number of fused-ring (bicyclic) bond motifs is 4. The Labute approximate surface area is 303 Å². The molecule has 0 fully saturated rings. The minimum atomic E-state index is -0.00688. The normalized spacial score (nSPS) is 13.7. The number of nitrogens with one attached hydrogen (secondary N) is 1. The molecule has 9 aromatic rings. The van der Waals surface area contributed by atoms with Gasteiger partial charge in [-0.25, -0.2) is 0 Å². The first kappa shape index (κ1) is 30.0. The van der Waals surface area contributed by atoms with Crippen molar-refractivity contribution in [3.8, 4) is 39.1 Å². The first-order valence-electron chi connectivity index (χ1n) is 17.9. The van der Waals surface area contributed by atoms with Crippen molar-refractivity contribution in [3.63, 3.8) is 0 Å². The Bertz CT molecular complexity index is 2710. The van der Waals surface area contributed by atoms with Crippen LogP contribution in [0.1, 0.15) is 11.7 Å². The van der Waals surface area contributed by atoms with Gasteiger partial charge in [0, 0.05) is 22.1 Å². The SMILES string of the molecule is c1ccc(N2c3ccccc3NC2c2ccc(-c3ccccc3-c3ccccc3-c3ccc4c(c3)c3ccccc3n4-c3ccccc3)cc2)cc1. The summed E-state index contributed by atoms with van der Waals surface area (Å²) in [5, 5.41) is 6.29. The molecule has 1 aromatic heterocycles. The first-order chi connectivity index (χ1) is 25.8. The smallest absolute Gasteiger partial charge is 0.130 e. The van der Waals surface area contributed by atoms with Crippen molar-refractivity contribution in [2.24, 2.45) is 0 Å². The van der Waals surface area contributed by atoms with Crippen molar-refractivity contribution in [2.75, 3.05) is 10.2 Å². The molecule has 1 unspecified atom stereocenters. The van der Waals surface area contributed by atoms with Crippen molar-refractivity contribution in [2.45, 2.75) is 6.17 Å². The number of rotatable bonds is 6. The van der Waals surface area contributed by atoms with Crippen molar-refractivity contribution >= 4 is 38.9 Å². The van der Waals surface area contributed by atoms with Crippen molar-refractivity contribution < 1.29 is 0 Å². The number of para-hydroxylation sites is 5. The van der Waals surface area contributed by atoms with E-state index in [9.17, 15) is 0 Å². The van der Waals surface area contributed by atoms with E-state index in [2.05, 4.69) is 215 Å².